The van der Waals surface area contributed by atoms with E-state index < -0.39 is 0 Å². The van der Waals surface area contributed by atoms with Gasteiger partial charge in [0.2, 0.25) is 0 Å². The molecule has 0 heterocycles. The van der Waals surface area contributed by atoms with Crippen LogP contribution in [0.4, 0.5) is 5.69 Å². The third-order valence-corrected chi connectivity index (χ3v) is 3.21. The maximum atomic E-state index is 10.6. The van der Waals surface area contributed by atoms with Crippen LogP contribution in [0.3, 0.4) is 0 Å². The van der Waals surface area contributed by atoms with Crippen LogP contribution in [0.5, 0.6) is 0 Å². The van der Waals surface area contributed by atoms with Crippen LogP contribution in [0.25, 0.3) is 0 Å². The molecule has 0 unspecified atom stereocenters. The van der Waals surface area contributed by atoms with Crippen molar-refractivity contribution in [3.8, 4) is 0 Å². The van der Waals surface area contributed by atoms with Gasteiger partial charge < -0.3 is 10.1 Å². The Hall–Kier alpha value is -1.46. The smallest absolute Gasteiger partial charge is 0.269 e. The van der Waals surface area contributed by atoms with E-state index in [1.165, 1.54) is 6.07 Å². The quantitative estimate of drug-likeness (QED) is 0.621. The summed E-state index contributed by atoms with van der Waals surface area (Å²) in [5.41, 5.74) is 1.10. The fourth-order valence-electron chi connectivity index (χ4n) is 2.15. The number of non-ortho nitro benzene ring substituents is 1. The van der Waals surface area contributed by atoms with Crippen molar-refractivity contribution in [2.75, 3.05) is 6.61 Å². The Morgan fingerprint density at radius 3 is 2.94 bits per heavy atom. The molecule has 1 aliphatic rings. The van der Waals surface area contributed by atoms with Crippen LogP contribution in [0.15, 0.2) is 24.3 Å². The van der Waals surface area contributed by atoms with Crippen LogP contribution in [0.2, 0.25) is 0 Å². The van der Waals surface area contributed by atoms with Gasteiger partial charge in [-0.25, -0.2) is 0 Å². The van der Waals surface area contributed by atoms with Gasteiger partial charge in [0.25, 0.3) is 5.69 Å². The molecule has 0 bridgehead atoms. The lowest BCUT2D eigenvalue weighted by Crippen LogP contribution is -2.45. The summed E-state index contributed by atoms with van der Waals surface area (Å²) < 4.78 is 5.48. The van der Waals surface area contributed by atoms with Crippen molar-refractivity contribution in [2.24, 2.45) is 0 Å². The summed E-state index contributed by atoms with van der Waals surface area (Å²) in [6, 6.07) is 7.22. The minimum atomic E-state index is -0.363. The minimum absolute atomic E-state index is 0.148. The highest BCUT2D eigenvalue weighted by Crippen LogP contribution is 2.23. The first-order valence-corrected chi connectivity index (χ1v) is 6.27. The highest BCUT2D eigenvalue weighted by Gasteiger charge is 2.28. The summed E-state index contributed by atoms with van der Waals surface area (Å²) in [7, 11) is 0. The summed E-state index contributed by atoms with van der Waals surface area (Å²) in [6.07, 6.45) is 2.45. The molecule has 0 aliphatic heterocycles. The molecule has 98 valence electrons. The maximum Gasteiger partial charge on any atom is 0.269 e. The molecule has 5 nitrogen and oxygen atoms in total. The molecule has 0 aromatic heterocycles. The molecule has 1 aromatic rings. The van der Waals surface area contributed by atoms with Gasteiger partial charge in [0.15, 0.2) is 0 Å². The number of nitro benzene ring substituents is 1. The van der Waals surface area contributed by atoms with Crippen molar-refractivity contribution < 1.29 is 9.66 Å². The van der Waals surface area contributed by atoms with Crippen molar-refractivity contribution in [3.05, 3.63) is 39.9 Å². The van der Waals surface area contributed by atoms with Crippen molar-refractivity contribution >= 4 is 5.69 Å². The van der Waals surface area contributed by atoms with Gasteiger partial charge in [-0.15, -0.1) is 0 Å². The Kier molecular flexibility index (Phi) is 4.28. The van der Waals surface area contributed by atoms with Crippen molar-refractivity contribution in [1.82, 2.24) is 5.32 Å². The second-order valence-corrected chi connectivity index (χ2v) is 4.55. The Balaban J connectivity index is 1.77. The van der Waals surface area contributed by atoms with Gasteiger partial charge in [-0.1, -0.05) is 12.1 Å². The molecule has 1 N–H and O–H groups in total. The topological polar surface area (TPSA) is 64.4 Å². The lowest BCUT2D eigenvalue weighted by Gasteiger charge is -2.35. The van der Waals surface area contributed by atoms with E-state index in [1.807, 2.05) is 13.0 Å². The van der Waals surface area contributed by atoms with Crippen LogP contribution in [-0.2, 0) is 11.3 Å². The van der Waals surface area contributed by atoms with Crippen LogP contribution in [0.1, 0.15) is 25.3 Å². The monoisotopic (exact) mass is 250 g/mol. The largest absolute Gasteiger partial charge is 0.378 e. The van der Waals surface area contributed by atoms with E-state index >= 15 is 0 Å². The number of nitrogens with one attached hydrogen (secondary N) is 1. The standard InChI is InChI=1S/C13H18N2O3/c1-2-18-13-7-11(8-13)14-9-10-4-3-5-12(6-10)15(16)17/h3-6,11,13-14H,2,7-9H2,1H3. The van der Waals surface area contributed by atoms with Crippen molar-refractivity contribution in [2.45, 2.75) is 38.5 Å². The first kappa shape index (κ1) is 13.0. The van der Waals surface area contributed by atoms with Gasteiger partial charge >= 0.3 is 0 Å². The van der Waals surface area contributed by atoms with Crippen LogP contribution >= 0.6 is 0 Å². The lowest BCUT2D eigenvalue weighted by molar-refractivity contribution is -0.384. The molecule has 0 amide bonds. The Labute approximate surface area is 106 Å². The van der Waals surface area contributed by atoms with Crippen molar-refractivity contribution in [1.29, 1.82) is 0 Å². The lowest BCUT2D eigenvalue weighted by atomic mass is 9.89. The number of benzene rings is 1. The minimum Gasteiger partial charge on any atom is -0.378 e. The number of hydrogen-bond donors (Lipinski definition) is 1. The number of hydrogen-bond acceptors (Lipinski definition) is 4. The Bertz CT molecular complexity index is 416. The van der Waals surface area contributed by atoms with Gasteiger partial charge in [0.05, 0.1) is 11.0 Å². The highest BCUT2D eigenvalue weighted by atomic mass is 16.6. The first-order chi connectivity index (χ1) is 8.69. The maximum absolute atomic E-state index is 10.6. The van der Waals surface area contributed by atoms with Gasteiger partial charge in [-0.05, 0) is 25.3 Å². The van der Waals surface area contributed by atoms with Gasteiger partial charge in [0.1, 0.15) is 0 Å². The average molecular weight is 250 g/mol. The Morgan fingerprint density at radius 1 is 1.50 bits per heavy atom. The molecular weight excluding hydrogens is 232 g/mol. The van der Waals surface area contributed by atoms with E-state index in [-0.39, 0.29) is 10.6 Å². The molecule has 2 rings (SSSR count). The number of nitrogens with zero attached hydrogens (tertiary/aromatic N) is 1. The van der Waals surface area contributed by atoms with E-state index in [9.17, 15) is 10.1 Å². The third kappa shape index (κ3) is 3.27. The first-order valence-electron chi connectivity index (χ1n) is 6.27. The molecule has 1 fully saturated rings. The predicted molar refractivity (Wildman–Crippen MR) is 68.4 cm³/mol. The fourth-order valence-corrected chi connectivity index (χ4v) is 2.15. The highest BCUT2D eigenvalue weighted by molar-refractivity contribution is 5.34. The molecule has 1 saturated carbocycles. The third-order valence-electron chi connectivity index (χ3n) is 3.21. The molecule has 18 heavy (non-hydrogen) atoms. The van der Waals surface area contributed by atoms with Crippen molar-refractivity contribution in [3.63, 3.8) is 0 Å². The number of nitro groups is 1. The van der Waals surface area contributed by atoms with Gasteiger partial charge in [0, 0.05) is 31.3 Å². The molecule has 0 spiro atoms. The summed E-state index contributed by atoms with van der Waals surface area (Å²) >= 11 is 0. The fraction of sp³-hybridized carbons (Fsp3) is 0.538. The second-order valence-electron chi connectivity index (χ2n) is 4.55. The molecule has 1 aliphatic carbocycles. The average Bonchev–Trinajstić information content (AvgIpc) is 2.32. The normalized spacial score (nSPS) is 22.5. The van der Waals surface area contributed by atoms with E-state index in [2.05, 4.69) is 5.32 Å². The summed E-state index contributed by atoms with van der Waals surface area (Å²) in [5.74, 6) is 0. The number of ether oxygens (including phenoxy) is 1. The van der Waals surface area contributed by atoms with E-state index in [4.69, 9.17) is 4.74 Å². The summed E-state index contributed by atoms with van der Waals surface area (Å²) in [4.78, 5) is 10.3. The summed E-state index contributed by atoms with van der Waals surface area (Å²) in [5, 5.41) is 14.0. The SMILES string of the molecule is CCOC1CC(NCc2cccc([N+](=O)[O-])c2)C1. The zero-order chi connectivity index (χ0) is 13.0. The molecule has 5 heteroatoms. The van der Waals surface area contributed by atoms with Crippen LogP contribution in [-0.4, -0.2) is 23.7 Å². The predicted octanol–water partition coefficient (Wildman–Crippen LogP) is 2.25. The zero-order valence-corrected chi connectivity index (χ0v) is 10.5. The van der Waals surface area contributed by atoms with E-state index in [0.29, 0.717) is 18.7 Å². The molecule has 0 radical (unpaired) electrons. The van der Waals surface area contributed by atoms with Crippen LogP contribution < -0.4 is 5.32 Å². The molecule has 0 saturated heterocycles. The summed E-state index contributed by atoms with van der Waals surface area (Å²) in [6.45, 7) is 3.44. The number of rotatable bonds is 6. The van der Waals surface area contributed by atoms with E-state index in [1.54, 1.807) is 12.1 Å². The van der Waals surface area contributed by atoms with Crippen LogP contribution in [0, 0.1) is 10.1 Å². The molecule has 0 atom stereocenters. The zero-order valence-electron chi connectivity index (χ0n) is 10.5. The van der Waals surface area contributed by atoms with Gasteiger partial charge in [-0.2, -0.15) is 0 Å². The Morgan fingerprint density at radius 2 is 2.28 bits per heavy atom. The molecular formula is C13H18N2O3. The second kappa shape index (κ2) is 5.93. The van der Waals surface area contributed by atoms with E-state index in [0.717, 1.165) is 25.0 Å². The van der Waals surface area contributed by atoms with Gasteiger partial charge in [-0.3, -0.25) is 10.1 Å². The molecule has 1 aromatic carbocycles.